The van der Waals surface area contributed by atoms with Crippen molar-refractivity contribution in [3.05, 3.63) is 0 Å². The monoisotopic (exact) mass is 216 g/mol. The van der Waals surface area contributed by atoms with E-state index in [1.165, 1.54) is 0 Å². The molecule has 0 amide bonds. The van der Waals surface area contributed by atoms with Gasteiger partial charge in [0.15, 0.2) is 0 Å². The van der Waals surface area contributed by atoms with Gasteiger partial charge in [0.1, 0.15) is 6.29 Å². The van der Waals surface area contributed by atoms with Gasteiger partial charge in [0.05, 0.1) is 6.61 Å². The van der Waals surface area contributed by atoms with Gasteiger partial charge in [-0.2, -0.15) is 0 Å². The van der Waals surface area contributed by atoms with Crippen molar-refractivity contribution in [2.24, 2.45) is 0 Å². The molecule has 0 spiro atoms. The SMILES string of the molecule is CC(C)NCCCN(CCO)CCC=O. The van der Waals surface area contributed by atoms with E-state index in [2.05, 4.69) is 24.1 Å². The second-order valence-corrected chi connectivity index (χ2v) is 3.98. The third kappa shape index (κ3) is 9.85. The Labute approximate surface area is 92.7 Å². The molecule has 2 N–H and O–H groups in total. The van der Waals surface area contributed by atoms with Gasteiger partial charge in [0.2, 0.25) is 0 Å². The van der Waals surface area contributed by atoms with Crippen molar-refractivity contribution in [3.63, 3.8) is 0 Å². The summed E-state index contributed by atoms with van der Waals surface area (Å²) in [5.41, 5.74) is 0. The number of carbonyl (C=O) groups excluding carboxylic acids is 1. The lowest BCUT2D eigenvalue weighted by Crippen LogP contribution is -2.32. The maximum atomic E-state index is 10.2. The van der Waals surface area contributed by atoms with Crippen LogP contribution in [0.4, 0.5) is 0 Å². The van der Waals surface area contributed by atoms with Crippen LogP contribution in [0, 0.1) is 0 Å². The van der Waals surface area contributed by atoms with Crippen molar-refractivity contribution in [1.29, 1.82) is 0 Å². The molecule has 0 aromatic carbocycles. The van der Waals surface area contributed by atoms with E-state index in [9.17, 15) is 4.79 Å². The molecular weight excluding hydrogens is 192 g/mol. The molecule has 15 heavy (non-hydrogen) atoms. The minimum absolute atomic E-state index is 0.163. The number of aldehydes is 1. The molecule has 0 radical (unpaired) electrons. The molecule has 0 saturated carbocycles. The Morgan fingerprint density at radius 1 is 1.33 bits per heavy atom. The van der Waals surface area contributed by atoms with E-state index in [1.54, 1.807) is 0 Å². The van der Waals surface area contributed by atoms with E-state index in [0.29, 0.717) is 19.0 Å². The first-order valence-electron chi connectivity index (χ1n) is 5.71. The van der Waals surface area contributed by atoms with Crippen molar-refractivity contribution in [2.75, 3.05) is 32.8 Å². The number of hydrogen-bond acceptors (Lipinski definition) is 4. The first kappa shape index (κ1) is 14.6. The molecule has 0 fully saturated rings. The molecule has 0 rings (SSSR count). The molecule has 0 aliphatic heterocycles. The summed E-state index contributed by atoms with van der Waals surface area (Å²) in [7, 11) is 0. The Hall–Kier alpha value is -0.450. The quantitative estimate of drug-likeness (QED) is 0.406. The fourth-order valence-corrected chi connectivity index (χ4v) is 1.41. The molecule has 0 bridgehead atoms. The van der Waals surface area contributed by atoms with E-state index in [0.717, 1.165) is 32.3 Å². The van der Waals surface area contributed by atoms with Gasteiger partial charge < -0.3 is 20.1 Å². The van der Waals surface area contributed by atoms with E-state index in [-0.39, 0.29) is 6.61 Å². The fourth-order valence-electron chi connectivity index (χ4n) is 1.41. The standard InChI is InChI=1S/C11H24N2O2/c1-11(2)12-5-3-6-13(8-10-15)7-4-9-14/h9,11-12,15H,3-8,10H2,1-2H3. The van der Waals surface area contributed by atoms with E-state index >= 15 is 0 Å². The summed E-state index contributed by atoms with van der Waals surface area (Å²) in [6.07, 6.45) is 2.53. The Morgan fingerprint density at radius 2 is 2.07 bits per heavy atom. The third-order valence-corrected chi connectivity index (χ3v) is 2.18. The van der Waals surface area contributed by atoms with Crippen LogP contribution in [0.2, 0.25) is 0 Å². The fraction of sp³-hybridized carbons (Fsp3) is 0.909. The molecule has 0 atom stereocenters. The van der Waals surface area contributed by atoms with Crippen LogP contribution in [-0.2, 0) is 4.79 Å². The number of carbonyl (C=O) groups is 1. The molecule has 0 aliphatic rings. The second kappa shape index (κ2) is 10.1. The number of aliphatic hydroxyl groups excluding tert-OH is 1. The van der Waals surface area contributed by atoms with Gasteiger partial charge >= 0.3 is 0 Å². The summed E-state index contributed by atoms with van der Waals surface area (Å²) in [5, 5.41) is 12.2. The van der Waals surface area contributed by atoms with Crippen LogP contribution < -0.4 is 5.32 Å². The van der Waals surface area contributed by atoms with Crippen LogP contribution in [0.5, 0.6) is 0 Å². The van der Waals surface area contributed by atoms with Crippen molar-refractivity contribution >= 4 is 6.29 Å². The second-order valence-electron chi connectivity index (χ2n) is 3.98. The molecule has 4 heteroatoms. The Balaban J connectivity index is 3.51. The molecule has 0 unspecified atom stereocenters. The largest absolute Gasteiger partial charge is 0.395 e. The topological polar surface area (TPSA) is 52.6 Å². The average molecular weight is 216 g/mol. The predicted octanol–water partition coefficient (Wildman–Crippen LogP) is 0.258. The van der Waals surface area contributed by atoms with Crippen LogP contribution in [0.15, 0.2) is 0 Å². The lowest BCUT2D eigenvalue weighted by Gasteiger charge is -2.20. The van der Waals surface area contributed by atoms with Gasteiger partial charge in [-0.3, -0.25) is 0 Å². The van der Waals surface area contributed by atoms with E-state index in [1.807, 2.05) is 0 Å². The highest BCUT2D eigenvalue weighted by atomic mass is 16.3. The van der Waals surface area contributed by atoms with Crippen LogP contribution in [0.1, 0.15) is 26.7 Å². The van der Waals surface area contributed by atoms with Gasteiger partial charge in [-0.15, -0.1) is 0 Å². The highest BCUT2D eigenvalue weighted by Crippen LogP contribution is 1.92. The minimum Gasteiger partial charge on any atom is -0.395 e. The van der Waals surface area contributed by atoms with Crippen molar-refractivity contribution in [2.45, 2.75) is 32.7 Å². The Kier molecular flexibility index (Phi) is 9.78. The summed E-state index contributed by atoms with van der Waals surface area (Å²) in [6, 6.07) is 0.520. The Morgan fingerprint density at radius 3 is 2.60 bits per heavy atom. The molecule has 4 nitrogen and oxygen atoms in total. The summed E-state index contributed by atoms with van der Waals surface area (Å²) < 4.78 is 0. The van der Waals surface area contributed by atoms with Crippen molar-refractivity contribution in [1.82, 2.24) is 10.2 Å². The first-order valence-corrected chi connectivity index (χ1v) is 5.71. The third-order valence-electron chi connectivity index (χ3n) is 2.18. The lowest BCUT2D eigenvalue weighted by atomic mass is 10.3. The van der Waals surface area contributed by atoms with E-state index < -0.39 is 0 Å². The Bertz CT molecular complexity index is 152. The summed E-state index contributed by atoms with van der Waals surface area (Å²) in [4.78, 5) is 12.4. The number of hydrogen-bond donors (Lipinski definition) is 2. The minimum atomic E-state index is 0.163. The van der Waals surface area contributed by atoms with Crippen LogP contribution in [-0.4, -0.2) is 55.1 Å². The van der Waals surface area contributed by atoms with Gasteiger partial charge in [-0.05, 0) is 19.5 Å². The van der Waals surface area contributed by atoms with Crippen LogP contribution in [0.3, 0.4) is 0 Å². The summed E-state index contributed by atoms with van der Waals surface area (Å²) in [5.74, 6) is 0. The maximum absolute atomic E-state index is 10.2. The zero-order chi connectivity index (χ0) is 11.5. The van der Waals surface area contributed by atoms with Gasteiger partial charge in [0, 0.05) is 25.6 Å². The summed E-state index contributed by atoms with van der Waals surface area (Å²) in [6.45, 7) is 7.75. The molecule has 0 aliphatic carbocycles. The van der Waals surface area contributed by atoms with Crippen LogP contribution in [0.25, 0.3) is 0 Å². The average Bonchev–Trinajstić information content (AvgIpc) is 2.20. The van der Waals surface area contributed by atoms with Crippen molar-refractivity contribution in [3.8, 4) is 0 Å². The number of nitrogens with zero attached hydrogens (tertiary/aromatic N) is 1. The lowest BCUT2D eigenvalue weighted by molar-refractivity contribution is -0.108. The predicted molar refractivity (Wildman–Crippen MR) is 62.0 cm³/mol. The highest BCUT2D eigenvalue weighted by molar-refractivity contribution is 5.49. The van der Waals surface area contributed by atoms with Crippen molar-refractivity contribution < 1.29 is 9.90 Å². The van der Waals surface area contributed by atoms with Gasteiger partial charge in [0.25, 0.3) is 0 Å². The number of aliphatic hydroxyl groups is 1. The first-order chi connectivity index (χ1) is 7.20. The van der Waals surface area contributed by atoms with Gasteiger partial charge in [-0.1, -0.05) is 13.8 Å². The smallest absolute Gasteiger partial charge is 0.121 e. The van der Waals surface area contributed by atoms with E-state index in [4.69, 9.17) is 5.11 Å². The van der Waals surface area contributed by atoms with Gasteiger partial charge in [-0.25, -0.2) is 0 Å². The molecule has 90 valence electrons. The zero-order valence-corrected chi connectivity index (χ0v) is 9.91. The maximum Gasteiger partial charge on any atom is 0.121 e. The zero-order valence-electron chi connectivity index (χ0n) is 9.91. The summed E-state index contributed by atoms with van der Waals surface area (Å²) >= 11 is 0. The molecular formula is C11H24N2O2. The molecule has 0 aromatic rings. The molecule has 0 saturated heterocycles. The molecule has 0 heterocycles. The number of rotatable bonds is 10. The number of nitrogens with one attached hydrogen (secondary N) is 1. The normalized spacial score (nSPS) is 11.3. The molecule has 0 aromatic heterocycles. The van der Waals surface area contributed by atoms with Crippen LogP contribution >= 0.6 is 0 Å². The highest BCUT2D eigenvalue weighted by Gasteiger charge is 2.03.